The fourth-order valence-electron chi connectivity index (χ4n) is 4.53. The lowest BCUT2D eigenvalue weighted by Crippen LogP contribution is -2.38. The van der Waals surface area contributed by atoms with Crippen molar-refractivity contribution in [2.75, 3.05) is 0 Å². The number of fused-ring (bicyclic) bond motifs is 1. The van der Waals surface area contributed by atoms with Crippen LogP contribution in [0.25, 0.3) is 0 Å². The van der Waals surface area contributed by atoms with Crippen LogP contribution in [0.15, 0.2) is 75.9 Å². The minimum Gasteiger partial charge on any atom is -0.457 e. The first kappa shape index (κ1) is 23.4. The molecule has 6 nitrogen and oxygen atoms in total. The van der Waals surface area contributed by atoms with E-state index in [1.807, 2.05) is 47.6 Å². The van der Waals surface area contributed by atoms with Gasteiger partial charge in [-0.15, -0.1) is 0 Å². The van der Waals surface area contributed by atoms with Gasteiger partial charge in [0.05, 0.1) is 23.7 Å². The Balaban J connectivity index is 1.49. The summed E-state index contributed by atoms with van der Waals surface area (Å²) in [5.41, 5.74) is 6.16. The molecule has 180 valence electrons. The van der Waals surface area contributed by atoms with Crippen molar-refractivity contribution in [3.05, 3.63) is 93.2 Å². The van der Waals surface area contributed by atoms with Gasteiger partial charge < -0.3 is 15.0 Å². The van der Waals surface area contributed by atoms with E-state index in [1.54, 1.807) is 0 Å². The number of hydrogen-bond acceptors (Lipinski definition) is 6. The van der Waals surface area contributed by atoms with Crippen molar-refractivity contribution in [1.82, 2.24) is 10.2 Å². The Hall–Kier alpha value is -3.32. The Morgan fingerprint density at radius 3 is 2.60 bits per heavy atom. The van der Waals surface area contributed by atoms with Crippen molar-refractivity contribution in [2.45, 2.75) is 58.7 Å². The molecule has 2 aromatic rings. The van der Waals surface area contributed by atoms with Crippen molar-refractivity contribution in [2.24, 2.45) is 4.99 Å². The van der Waals surface area contributed by atoms with E-state index in [1.165, 1.54) is 11.8 Å². The third kappa shape index (κ3) is 5.05. The smallest absolute Gasteiger partial charge is 0.338 e. The fraction of sp³-hybridized carbons (Fsp3) is 0.321. The Kier molecular flexibility index (Phi) is 6.52. The number of aliphatic imine (C=N–C) groups is 1. The number of aryl methyl sites for hydroxylation is 2. The second-order valence-corrected chi connectivity index (χ2v) is 10.2. The first-order chi connectivity index (χ1) is 16.9. The van der Waals surface area contributed by atoms with Crippen LogP contribution in [0, 0.1) is 13.8 Å². The van der Waals surface area contributed by atoms with Gasteiger partial charge in [-0.3, -0.25) is 4.79 Å². The predicted molar refractivity (Wildman–Crippen MR) is 138 cm³/mol. The average molecular weight is 488 g/mol. The monoisotopic (exact) mass is 487 g/mol. The summed E-state index contributed by atoms with van der Waals surface area (Å²) in [5, 5.41) is 5.83. The van der Waals surface area contributed by atoms with E-state index in [4.69, 9.17) is 9.73 Å². The number of amidine groups is 1. The normalized spacial score (nSPS) is 19.2. The molecule has 7 heteroatoms. The summed E-state index contributed by atoms with van der Waals surface area (Å²) in [6.07, 6.45) is 2.33. The zero-order valence-electron chi connectivity index (χ0n) is 20.2. The van der Waals surface area contributed by atoms with Crippen molar-refractivity contribution in [1.29, 1.82) is 0 Å². The standard InChI is InChI=1S/C28H29N3O3S/c1-17-9-12-23(18(2)13-17)26-25(27(33)34-15-20-7-5-4-6-8-20)19(3)29-28-31(26)22(16-35-28)14-24(32)30-21-10-11-21/h4-9,12-13,16,21,26H,10-11,14-15H2,1-3H3,(H,30,32)/t26-/m1/s1. The molecule has 0 spiro atoms. The zero-order chi connectivity index (χ0) is 24.5. The summed E-state index contributed by atoms with van der Waals surface area (Å²) in [6.45, 7) is 6.16. The predicted octanol–water partition coefficient (Wildman–Crippen LogP) is 5.29. The maximum Gasteiger partial charge on any atom is 0.338 e. The van der Waals surface area contributed by atoms with Crippen molar-refractivity contribution >= 4 is 28.8 Å². The van der Waals surface area contributed by atoms with E-state index in [0.29, 0.717) is 17.3 Å². The highest BCUT2D eigenvalue weighted by atomic mass is 32.2. The van der Waals surface area contributed by atoms with Crippen LogP contribution in [-0.2, 0) is 20.9 Å². The van der Waals surface area contributed by atoms with Crippen LogP contribution in [0.2, 0.25) is 0 Å². The van der Waals surface area contributed by atoms with Crippen molar-refractivity contribution in [3.8, 4) is 0 Å². The number of nitrogens with one attached hydrogen (secondary N) is 1. The van der Waals surface area contributed by atoms with Crippen molar-refractivity contribution < 1.29 is 14.3 Å². The summed E-state index contributed by atoms with van der Waals surface area (Å²) in [6, 6.07) is 15.8. The van der Waals surface area contributed by atoms with Gasteiger partial charge in [-0.25, -0.2) is 9.79 Å². The van der Waals surface area contributed by atoms with Gasteiger partial charge >= 0.3 is 5.97 Å². The molecule has 0 bridgehead atoms. The van der Waals surface area contributed by atoms with Gasteiger partial charge in [-0.2, -0.15) is 0 Å². The highest BCUT2D eigenvalue weighted by Crippen LogP contribution is 2.45. The molecule has 5 rings (SSSR count). The number of esters is 1. The van der Waals surface area contributed by atoms with E-state index >= 15 is 0 Å². The quantitative estimate of drug-likeness (QED) is 0.538. The van der Waals surface area contributed by atoms with Crippen LogP contribution in [-0.4, -0.2) is 28.0 Å². The molecule has 35 heavy (non-hydrogen) atoms. The molecular formula is C28H29N3O3S. The van der Waals surface area contributed by atoms with E-state index < -0.39 is 12.0 Å². The molecule has 0 aromatic heterocycles. The SMILES string of the molecule is CC1=C(C(=O)OCc2ccccc2)[C@@H](c2ccc(C)cc2C)N2C(CC(=O)NC3CC3)=CSC2=N1. The molecule has 1 saturated carbocycles. The second kappa shape index (κ2) is 9.74. The Bertz CT molecular complexity index is 1260. The van der Waals surface area contributed by atoms with Gasteiger partial charge in [0.15, 0.2) is 5.17 Å². The molecule has 2 heterocycles. The van der Waals surface area contributed by atoms with Crippen LogP contribution >= 0.6 is 11.8 Å². The van der Waals surface area contributed by atoms with Gasteiger partial charge in [0, 0.05) is 11.7 Å². The van der Waals surface area contributed by atoms with Crippen LogP contribution in [0.3, 0.4) is 0 Å². The highest BCUT2D eigenvalue weighted by molar-refractivity contribution is 8.16. The number of nitrogens with zero attached hydrogens (tertiary/aromatic N) is 2. The molecule has 0 radical (unpaired) electrons. The molecule has 1 aliphatic carbocycles. The summed E-state index contributed by atoms with van der Waals surface area (Å²) in [4.78, 5) is 33.0. The fourth-order valence-corrected chi connectivity index (χ4v) is 5.49. The van der Waals surface area contributed by atoms with Gasteiger partial charge in [0.25, 0.3) is 0 Å². The molecule has 3 aliphatic rings. The number of rotatable bonds is 7. The maximum absolute atomic E-state index is 13.5. The van der Waals surface area contributed by atoms with Crippen LogP contribution in [0.1, 0.15) is 54.5 Å². The Morgan fingerprint density at radius 1 is 1.11 bits per heavy atom. The number of ether oxygens (including phenoxy) is 1. The van der Waals surface area contributed by atoms with Gasteiger partial charge in [0.1, 0.15) is 6.61 Å². The molecule has 1 amide bonds. The lowest BCUT2D eigenvalue weighted by Gasteiger charge is -2.37. The zero-order valence-corrected chi connectivity index (χ0v) is 21.0. The van der Waals surface area contributed by atoms with E-state index in [-0.39, 0.29) is 18.9 Å². The molecule has 0 unspecified atom stereocenters. The molecule has 2 aliphatic heterocycles. The van der Waals surface area contributed by atoms with Gasteiger partial charge in [-0.1, -0.05) is 65.9 Å². The average Bonchev–Trinajstić information content (AvgIpc) is 3.56. The number of carbonyl (C=O) groups is 2. The third-order valence-corrected chi connectivity index (χ3v) is 7.33. The third-order valence-electron chi connectivity index (χ3n) is 6.44. The second-order valence-electron chi connectivity index (χ2n) is 9.33. The maximum atomic E-state index is 13.5. The lowest BCUT2D eigenvalue weighted by atomic mass is 9.90. The summed E-state index contributed by atoms with van der Waals surface area (Å²) >= 11 is 1.49. The molecule has 0 saturated heterocycles. The molecule has 1 N–H and O–H groups in total. The topological polar surface area (TPSA) is 71.0 Å². The number of amides is 1. The van der Waals surface area contributed by atoms with Crippen molar-refractivity contribution in [3.63, 3.8) is 0 Å². The van der Waals surface area contributed by atoms with Gasteiger partial charge in [0.2, 0.25) is 5.91 Å². The first-order valence-corrected chi connectivity index (χ1v) is 12.8. The number of benzene rings is 2. The Labute approximate surface area is 210 Å². The molecular weight excluding hydrogens is 458 g/mol. The van der Waals surface area contributed by atoms with E-state index in [0.717, 1.165) is 46.0 Å². The number of thioether (sulfide) groups is 1. The van der Waals surface area contributed by atoms with Gasteiger partial charge in [-0.05, 0) is 55.7 Å². The Morgan fingerprint density at radius 2 is 1.89 bits per heavy atom. The molecule has 1 atom stereocenters. The minimum absolute atomic E-state index is 0.000503. The van der Waals surface area contributed by atoms with Crippen LogP contribution < -0.4 is 5.32 Å². The highest BCUT2D eigenvalue weighted by Gasteiger charge is 2.42. The first-order valence-electron chi connectivity index (χ1n) is 11.9. The van der Waals surface area contributed by atoms with Crippen LogP contribution in [0.5, 0.6) is 0 Å². The van der Waals surface area contributed by atoms with E-state index in [9.17, 15) is 9.59 Å². The largest absolute Gasteiger partial charge is 0.457 e. The van der Waals surface area contributed by atoms with Crippen LogP contribution in [0.4, 0.5) is 0 Å². The number of hydrogen-bond donors (Lipinski definition) is 1. The summed E-state index contributed by atoms with van der Waals surface area (Å²) < 4.78 is 5.78. The lowest BCUT2D eigenvalue weighted by molar-refractivity contribution is -0.141. The molecule has 1 fully saturated rings. The van der Waals surface area contributed by atoms with E-state index in [2.05, 4.69) is 37.4 Å². The summed E-state index contributed by atoms with van der Waals surface area (Å²) in [7, 11) is 0. The number of carbonyl (C=O) groups excluding carboxylic acids is 2. The number of allylic oxidation sites excluding steroid dienone is 1. The minimum atomic E-state index is -0.415. The summed E-state index contributed by atoms with van der Waals surface area (Å²) in [5.74, 6) is -0.391. The molecule has 2 aromatic carbocycles.